The lowest BCUT2D eigenvalue weighted by molar-refractivity contribution is 0.0315. The molecule has 2 heterocycles. The van der Waals surface area contributed by atoms with Gasteiger partial charge in [0.1, 0.15) is 5.84 Å². The molecule has 5 nitrogen and oxygen atoms in total. The van der Waals surface area contributed by atoms with Gasteiger partial charge in [-0.1, -0.05) is 12.7 Å². The molecule has 2 saturated heterocycles. The number of hydrogen-bond acceptors (Lipinski definition) is 4. The Bertz CT molecular complexity index is 486. The van der Waals surface area contributed by atoms with Crippen molar-refractivity contribution in [2.75, 3.05) is 72.6 Å². The molecule has 134 valence electrons. The Balaban J connectivity index is 1.48. The van der Waals surface area contributed by atoms with Crippen LogP contribution in [0, 0.1) is 0 Å². The maximum absolute atomic E-state index is 5.42. The Morgan fingerprint density at radius 1 is 1.04 bits per heavy atom. The Morgan fingerprint density at radius 3 is 2.33 bits per heavy atom. The Kier molecular flexibility index (Phi) is 6.46. The number of amidine groups is 1. The van der Waals surface area contributed by atoms with Gasteiger partial charge < -0.3 is 9.64 Å². The fourth-order valence-electron chi connectivity index (χ4n) is 4.01. The summed E-state index contributed by atoms with van der Waals surface area (Å²) in [5.74, 6) is 1.22. The number of piperazine rings is 1. The highest BCUT2D eigenvalue weighted by atomic mass is 16.5. The van der Waals surface area contributed by atoms with Gasteiger partial charge in [-0.05, 0) is 30.4 Å². The molecule has 3 rings (SSSR count). The number of hydrogen-bond donors (Lipinski definition) is 0. The first kappa shape index (κ1) is 17.6. The number of rotatable bonds is 5. The largest absolute Gasteiger partial charge is 0.379 e. The summed E-state index contributed by atoms with van der Waals surface area (Å²) >= 11 is 0. The fraction of sp³-hybridized carbons (Fsp3) is 0.737. The predicted molar refractivity (Wildman–Crippen MR) is 99.7 cm³/mol. The van der Waals surface area contributed by atoms with E-state index in [0.717, 1.165) is 65.3 Å². The van der Waals surface area contributed by atoms with Gasteiger partial charge in [-0.3, -0.25) is 14.8 Å². The lowest BCUT2D eigenvalue weighted by Crippen LogP contribution is -2.51. The minimum Gasteiger partial charge on any atom is -0.379 e. The molecule has 1 aliphatic carbocycles. The third-order valence-electron chi connectivity index (χ3n) is 5.50. The van der Waals surface area contributed by atoms with Crippen molar-refractivity contribution in [3.63, 3.8) is 0 Å². The van der Waals surface area contributed by atoms with Gasteiger partial charge in [-0.2, -0.15) is 0 Å². The molecule has 0 bridgehead atoms. The van der Waals surface area contributed by atoms with Crippen LogP contribution in [0.5, 0.6) is 0 Å². The molecule has 0 spiro atoms. The smallest absolute Gasteiger partial charge is 0.126 e. The topological polar surface area (TPSA) is 31.3 Å². The highest BCUT2D eigenvalue weighted by molar-refractivity contribution is 5.99. The molecule has 0 aromatic carbocycles. The Labute approximate surface area is 146 Å². The molecular formula is C19H32N4O. The van der Waals surface area contributed by atoms with E-state index in [-0.39, 0.29) is 0 Å². The van der Waals surface area contributed by atoms with E-state index in [0.29, 0.717) is 0 Å². The second-order valence-corrected chi connectivity index (χ2v) is 6.89. The molecule has 0 aromatic rings. The van der Waals surface area contributed by atoms with Crippen LogP contribution in [0.1, 0.15) is 19.3 Å². The first-order valence-corrected chi connectivity index (χ1v) is 9.41. The van der Waals surface area contributed by atoms with Crippen LogP contribution in [0.2, 0.25) is 0 Å². The Hall–Kier alpha value is -1.17. The summed E-state index contributed by atoms with van der Waals surface area (Å²) in [4.78, 5) is 12.2. The van der Waals surface area contributed by atoms with Crippen LogP contribution in [0.4, 0.5) is 0 Å². The van der Waals surface area contributed by atoms with Crippen molar-refractivity contribution in [3.8, 4) is 0 Å². The van der Waals surface area contributed by atoms with Crippen molar-refractivity contribution in [2.45, 2.75) is 19.3 Å². The molecule has 2 fully saturated rings. The van der Waals surface area contributed by atoms with Crippen LogP contribution in [-0.2, 0) is 4.74 Å². The van der Waals surface area contributed by atoms with E-state index in [1.807, 2.05) is 13.1 Å². The maximum Gasteiger partial charge on any atom is 0.126 e. The summed E-state index contributed by atoms with van der Waals surface area (Å²) in [6, 6.07) is 0. The molecule has 3 aliphatic rings. The van der Waals surface area contributed by atoms with Crippen molar-refractivity contribution >= 4 is 5.84 Å². The monoisotopic (exact) mass is 332 g/mol. The highest BCUT2D eigenvalue weighted by Crippen LogP contribution is 2.29. The lowest BCUT2D eigenvalue weighted by Gasteiger charge is -2.38. The molecule has 0 radical (unpaired) electrons. The average Bonchev–Trinajstić information content (AvgIpc) is 3.11. The van der Waals surface area contributed by atoms with Gasteiger partial charge in [0.25, 0.3) is 0 Å². The van der Waals surface area contributed by atoms with Crippen LogP contribution in [0.15, 0.2) is 28.8 Å². The normalized spacial score (nSPS) is 24.7. The van der Waals surface area contributed by atoms with Gasteiger partial charge >= 0.3 is 0 Å². The highest BCUT2D eigenvalue weighted by Gasteiger charge is 2.25. The zero-order chi connectivity index (χ0) is 16.8. The van der Waals surface area contributed by atoms with Crippen molar-refractivity contribution in [1.29, 1.82) is 0 Å². The molecule has 0 saturated carbocycles. The summed E-state index contributed by atoms with van der Waals surface area (Å²) in [5, 5.41) is 0. The molecule has 2 aliphatic heterocycles. The van der Waals surface area contributed by atoms with Gasteiger partial charge in [-0.25, -0.2) is 0 Å². The van der Waals surface area contributed by atoms with Gasteiger partial charge in [0, 0.05) is 59.4 Å². The van der Waals surface area contributed by atoms with E-state index < -0.39 is 0 Å². The lowest BCUT2D eigenvalue weighted by atomic mass is 10.1. The van der Waals surface area contributed by atoms with Crippen molar-refractivity contribution in [1.82, 2.24) is 14.7 Å². The van der Waals surface area contributed by atoms with Crippen LogP contribution in [-0.4, -0.2) is 93.2 Å². The van der Waals surface area contributed by atoms with Gasteiger partial charge in [-0.15, -0.1) is 0 Å². The van der Waals surface area contributed by atoms with Crippen LogP contribution < -0.4 is 0 Å². The van der Waals surface area contributed by atoms with Crippen molar-refractivity contribution in [3.05, 3.63) is 23.8 Å². The third-order valence-corrected chi connectivity index (χ3v) is 5.50. The van der Waals surface area contributed by atoms with Crippen LogP contribution >= 0.6 is 0 Å². The number of nitrogens with zero attached hydrogens (tertiary/aromatic N) is 4. The Morgan fingerprint density at radius 2 is 1.71 bits per heavy atom. The quantitative estimate of drug-likeness (QED) is 0.566. The SMILES string of the molecule is C=CC1=C(C(=NC)N2CCN(CCN3CCOCC3)CC2)CCC1. The zero-order valence-electron chi connectivity index (χ0n) is 15.2. The molecule has 0 aromatic heterocycles. The first-order valence-electron chi connectivity index (χ1n) is 9.41. The van der Waals surface area contributed by atoms with E-state index in [2.05, 4.69) is 26.3 Å². The summed E-state index contributed by atoms with van der Waals surface area (Å²) in [6.45, 7) is 14.7. The molecular weight excluding hydrogens is 300 g/mol. The summed E-state index contributed by atoms with van der Waals surface area (Å²) in [7, 11) is 1.94. The van der Waals surface area contributed by atoms with Crippen LogP contribution in [0.3, 0.4) is 0 Å². The van der Waals surface area contributed by atoms with E-state index >= 15 is 0 Å². The molecule has 0 N–H and O–H groups in total. The van der Waals surface area contributed by atoms with Crippen LogP contribution in [0.25, 0.3) is 0 Å². The first-order chi connectivity index (χ1) is 11.8. The average molecular weight is 332 g/mol. The number of morpholine rings is 1. The second-order valence-electron chi connectivity index (χ2n) is 6.89. The summed E-state index contributed by atoms with van der Waals surface area (Å²) in [6.07, 6.45) is 5.60. The van der Waals surface area contributed by atoms with Gasteiger partial charge in [0.2, 0.25) is 0 Å². The van der Waals surface area contributed by atoms with Crippen molar-refractivity contribution in [2.24, 2.45) is 4.99 Å². The third kappa shape index (κ3) is 4.26. The second kappa shape index (κ2) is 8.79. The number of allylic oxidation sites excluding steroid dienone is 2. The van der Waals surface area contributed by atoms with Gasteiger partial charge in [0.15, 0.2) is 0 Å². The predicted octanol–water partition coefficient (Wildman–Crippen LogP) is 1.63. The fourth-order valence-corrected chi connectivity index (χ4v) is 4.01. The zero-order valence-corrected chi connectivity index (χ0v) is 15.2. The van der Waals surface area contributed by atoms with Crippen molar-refractivity contribution < 1.29 is 4.74 Å². The van der Waals surface area contributed by atoms with E-state index in [9.17, 15) is 0 Å². The van der Waals surface area contributed by atoms with E-state index in [1.165, 1.54) is 36.5 Å². The molecule has 0 unspecified atom stereocenters. The maximum atomic E-state index is 5.42. The molecule has 24 heavy (non-hydrogen) atoms. The minimum atomic E-state index is 0.894. The molecule has 0 amide bonds. The number of aliphatic imine (C=N–C) groups is 1. The van der Waals surface area contributed by atoms with Gasteiger partial charge in [0.05, 0.1) is 13.2 Å². The molecule has 5 heteroatoms. The molecule has 0 atom stereocenters. The summed E-state index contributed by atoms with van der Waals surface area (Å²) in [5.41, 5.74) is 2.85. The summed E-state index contributed by atoms with van der Waals surface area (Å²) < 4.78 is 5.42. The van der Waals surface area contributed by atoms with E-state index in [4.69, 9.17) is 4.74 Å². The standard InChI is InChI=1S/C19H32N4O/c1-3-17-5-4-6-18(17)19(20-2)23-11-9-21(10-12-23)7-8-22-13-15-24-16-14-22/h3H,1,4-16H2,2H3. The minimum absolute atomic E-state index is 0.894. The number of ether oxygens (including phenoxy) is 1. The van der Waals surface area contributed by atoms with E-state index in [1.54, 1.807) is 0 Å².